The zero-order chi connectivity index (χ0) is 14.8. The molecule has 0 radical (unpaired) electrons. The molecule has 1 N–H and O–H groups in total. The fourth-order valence-corrected chi connectivity index (χ4v) is 2.23. The summed E-state index contributed by atoms with van der Waals surface area (Å²) in [6, 6.07) is 8.05. The van der Waals surface area contributed by atoms with Crippen LogP contribution >= 0.6 is 0 Å². The second-order valence-electron chi connectivity index (χ2n) is 4.81. The van der Waals surface area contributed by atoms with E-state index >= 15 is 0 Å². The lowest BCUT2D eigenvalue weighted by atomic mass is 10.0. The van der Waals surface area contributed by atoms with Crippen LogP contribution in [0.4, 0.5) is 5.69 Å². The van der Waals surface area contributed by atoms with E-state index in [1.54, 1.807) is 14.2 Å². The predicted molar refractivity (Wildman–Crippen MR) is 82.3 cm³/mol. The van der Waals surface area contributed by atoms with Crippen molar-refractivity contribution in [2.24, 2.45) is 0 Å². The van der Waals surface area contributed by atoms with Gasteiger partial charge in [0.2, 0.25) is 0 Å². The molecule has 0 spiro atoms. The Labute approximate surface area is 122 Å². The van der Waals surface area contributed by atoms with Crippen LogP contribution in [0.1, 0.15) is 31.4 Å². The van der Waals surface area contributed by atoms with E-state index in [9.17, 15) is 5.11 Å². The minimum atomic E-state index is -0.418. The summed E-state index contributed by atoms with van der Waals surface area (Å²) in [5.74, 6) is 0. The summed E-state index contributed by atoms with van der Waals surface area (Å²) >= 11 is 0. The van der Waals surface area contributed by atoms with E-state index in [2.05, 4.69) is 11.0 Å². The maximum Gasteiger partial charge on any atom is 0.0807 e. The lowest BCUT2D eigenvalue weighted by molar-refractivity contribution is 0.173. The van der Waals surface area contributed by atoms with E-state index in [0.29, 0.717) is 13.0 Å². The second-order valence-corrected chi connectivity index (χ2v) is 4.81. The van der Waals surface area contributed by atoms with E-state index in [0.717, 1.165) is 37.4 Å². The molecule has 20 heavy (non-hydrogen) atoms. The molecule has 0 saturated carbocycles. The van der Waals surface area contributed by atoms with E-state index in [4.69, 9.17) is 9.47 Å². The zero-order valence-corrected chi connectivity index (χ0v) is 12.8. The van der Waals surface area contributed by atoms with Gasteiger partial charge in [0.05, 0.1) is 12.7 Å². The van der Waals surface area contributed by atoms with Gasteiger partial charge in [-0.05, 0) is 18.9 Å². The number of benzene rings is 1. The summed E-state index contributed by atoms with van der Waals surface area (Å²) in [6.07, 6.45) is 1.25. The average Bonchev–Trinajstić information content (AvgIpc) is 2.50. The van der Waals surface area contributed by atoms with Gasteiger partial charge in [-0.25, -0.2) is 0 Å². The van der Waals surface area contributed by atoms with Crippen molar-refractivity contribution in [3.8, 4) is 0 Å². The van der Waals surface area contributed by atoms with Crippen LogP contribution in [0.2, 0.25) is 0 Å². The highest BCUT2D eigenvalue weighted by molar-refractivity contribution is 5.54. The van der Waals surface area contributed by atoms with Crippen molar-refractivity contribution < 1.29 is 14.6 Å². The smallest absolute Gasteiger partial charge is 0.0807 e. The van der Waals surface area contributed by atoms with Gasteiger partial charge in [0, 0.05) is 45.2 Å². The highest BCUT2D eigenvalue weighted by Gasteiger charge is 2.15. The van der Waals surface area contributed by atoms with Crippen LogP contribution < -0.4 is 4.90 Å². The molecule has 114 valence electrons. The molecule has 0 aliphatic rings. The fraction of sp³-hybridized carbons (Fsp3) is 0.625. The summed E-state index contributed by atoms with van der Waals surface area (Å²) in [5.41, 5.74) is 2.08. The minimum absolute atomic E-state index is 0.418. The molecule has 0 saturated heterocycles. The van der Waals surface area contributed by atoms with Crippen molar-refractivity contribution in [2.45, 2.75) is 25.9 Å². The Morgan fingerprint density at radius 1 is 1.10 bits per heavy atom. The Morgan fingerprint density at radius 3 is 2.45 bits per heavy atom. The molecule has 0 heterocycles. The van der Waals surface area contributed by atoms with E-state index in [-0.39, 0.29) is 0 Å². The largest absolute Gasteiger partial charge is 0.388 e. The molecule has 4 nitrogen and oxygen atoms in total. The van der Waals surface area contributed by atoms with Crippen LogP contribution in [0.5, 0.6) is 0 Å². The third-order valence-corrected chi connectivity index (χ3v) is 3.36. The molecular weight excluding hydrogens is 254 g/mol. The number of aliphatic hydroxyl groups excluding tert-OH is 1. The quantitative estimate of drug-likeness (QED) is 0.669. The molecule has 1 atom stereocenters. The van der Waals surface area contributed by atoms with Crippen molar-refractivity contribution in [2.75, 3.05) is 45.4 Å². The van der Waals surface area contributed by atoms with Gasteiger partial charge in [0.15, 0.2) is 0 Å². The Kier molecular flexibility index (Phi) is 8.26. The summed E-state index contributed by atoms with van der Waals surface area (Å²) in [7, 11) is 3.43. The van der Waals surface area contributed by atoms with Crippen LogP contribution in [-0.4, -0.2) is 45.6 Å². The van der Waals surface area contributed by atoms with Gasteiger partial charge < -0.3 is 19.5 Å². The number of methoxy groups -OCH3 is 2. The zero-order valence-electron chi connectivity index (χ0n) is 12.8. The second kappa shape index (κ2) is 9.75. The first-order chi connectivity index (χ1) is 9.74. The molecule has 0 aliphatic carbocycles. The SMILES string of the molecule is CCC(O)c1ccccc1N(CCCOC)CCOC. The minimum Gasteiger partial charge on any atom is -0.388 e. The summed E-state index contributed by atoms with van der Waals surface area (Å²) in [5, 5.41) is 10.2. The summed E-state index contributed by atoms with van der Waals surface area (Å²) in [6.45, 7) is 5.11. The molecule has 0 fully saturated rings. The molecular formula is C16H27NO3. The first-order valence-electron chi connectivity index (χ1n) is 7.24. The predicted octanol–water partition coefficient (Wildman–Crippen LogP) is 2.62. The van der Waals surface area contributed by atoms with Crippen LogP contribution in [0.25, 0.3) is 0 Å². The Hall–Kier alpha value is -1.10. The standard InChI is InChI=1S/C16H27NO3/c1-4-16(18)14-8-5-6-9-15(14)17(11-13-20-3)10-7-12-19-2/h5-6,8-9,16,18H,4,7,10-13H2,1-3H3. The number of para-hydroxylation sites is 1. The van der Waals surface area contributed by atoms with Crippen molar-refractivity contribution in [3.05, 3.63) is 29.8 Å². The van der Waals surface area contributed by atoms with Crippen molar-refractivity contribution in [3.63, 3.8) is 0 Å². The van der Waals surface area contributed by atoms with Crippen molar-refractivity contribution in [1.29, 1.82) is 0 Å². The lowest BCUT2D eigenvalue weighted by Gasteiger charge is -2.28. The van der Waals surface area contributed by atoms with Gasteiger partial charge in [0.1, 0.15) is 0 Å². The number of rotatable bonds is 10. The van der Waals surface area contributed by atoms with Gasteiger partial charge >= 0.3 is 0 Å². The fourth-order valence-electron chi connectivity index (χ4n) is 2.23. The number of ether oxygens (including phenoxy) is 2. The highest BCUT2D eigenvalue weighted by atomic mass is 16.5. The van der Waals surface area contributed by atoms with Gasteiger partial charge in [-0.1, -0.05) is 25.1 Å². The molecule has 0 aliphatic heterocycles. The monoisotopic (exact) mass is 281 g/mol. The van der Waals surface area contributed by atoms with Crippen molar-refractivity contribution in [1.82, 2.24) is 0 Å². The molecule has 1 unspecified atom stereocenters. The van der Waals surface area contributed by atoms with Crippen LogP contribution in [0.3, 0.4) is 0 Å². The molecule has 1 rings (SSSR count). The van der Waals surface area contributed by atoms with Crippen LogP contribution in [-0.2, 0) is 9.47 Å². The molecule has 0 amide bonds. The van der Waals surface area contributed by atoms with Gasteiger partial charge in [0.25, 0.3) is 0 Å². The average molecular weight is 281 g/mol. The molecule has 4 heteroatoms. The molecule has 0 aromatic heterocycles. The van der Waals surface area contributed by atoms with Crippen LogP contribution in [0, 0.1) is 0 Å². The Balaban J connectivity index is 2.87. The Bertz CT molecular complexity index is 370. The summed E-state index contributed by atoms with van der Waals surface area (Å²) < 4.78 is 10.3. The molecule has 1 aromatic carbocycles. The number of nitrogens with zero attached hydrogens (tertiary/aromatic N) is 1. The first kappa shape index (κ1) is 17.0. The third-order valence-electron chi connectivity index (χ3n) is 3.36. The van der Waals surface area contributed by atoms with Crippen LogP contribution in [0.15, 0.2) is 24.3 Å². The number of hydrogen-bond donors (Lipinski definition) is 1. The third kappa shape index (κ3) is 5.12. The number of hydrogen-bond acceptors (Lipinski definition) is 4. The summed E-state index contributed by atoms with van der Waals surface area (Å²) in [4.78, 5) is 2.26. The Morgan fingerprint density at radius 2 is 1.80 bits per heavy atom. The topological polar surface area (TPSA) is 41.9 Å². The number of anilines is 1. The number of aliphatic hydroxyl groups is 1. The normalized spacial score (nSPS) is 12.4. The maximum absolute atomic E-state index is 10.2. The maximum atomic E-state index is 10.2. The molecule has 1 aromatic rings. The van der Waals surface area contributed by atoms with Gasteiger partial charge in [-0.15, -0.1) is 0 Å². The lowest BCUT2D eigenvalue weighted by Crippen LogP contribution is -2.30. The first-order valence-corrected chi connectivity index (χ1v) is 7.24. The van der Waals surface area contributed by atoms with Crippen molar-refractivity contribution >= 4 is 5.69 Å². The van der Waals surface area contributed by atoms with Gasteiger partial charge in [-0.3, -0.25) is 0 Å². The van der Waals surface area contributed by atoms with E-state index in [1.165, 1.54) is 0 Å². The van der Waals surface area contributed by atoms with E-state index < -0.39 is 6.10 Å². The highest BCUT2D eigenvalue weighted by Crippen LogP contribution is 2.28. The van der Waals surface area contributed by atoms with E-state index in [1.807, 2.05) is 25.1 Å². The van der Waals surface area contributed by atoms with Gasteiger partial charge in [-0.2, -0.15) is 0 Å². The molecule has 0 bridgehead atoms.